The summed E-state index contributed by atoms with van der Waals surface area (Å²) in [7, 11) is 8.25. The van der Waals surface area contributed by atoms with Crippen molar-refractivity contribution in [3.8, 4) is 28.7 Å². The van der Waals surface area contributed by atoms with Gasteiger partial charge in [0, 0.05) is 5.56 Å². The first-order valence-corrected chi connectivity index (χ1v) is 9.43. The molecule has 5 nitrogen and oxygen atoms in total. The summed E-state index contributed by atoms with van der Waals surface area (Å²) < 4.78 is 27.8. The van der Waals surface area contributed by atoms with Crippen molar-refractivity contribution < 1.29 is 23.7 Å². The summed E-state index contributed by atoms with van der Waals surface area (Å²) in [6, 6.07) is 8.06. The van der Waals surface area contributed by atoms with E-state index in [-0.39, 0.29) is 0 Å². The normalized spacial score (nSPS) is 13.5. The Bertz CT molecular complexity index is 845. The predicted octanol–water partition coefficient (Wildman–Crippen LogP) is 4.89. The van der Waals surface area contributed by atoms with Crippen LogP contribution in [0.15, 0.2) is 30.3 Å². The highest BCUT2D eigenvalue weighted by atomic mass is 16.5. The first-order valence-electron chi connectivity index (χ1n) is 9.43. The van der Waals surface area contributed by atoms with Crippen LogP contribution in [0, 0.1) is 0 Å². The molecule has 0 unspecified atom stereocenters. The van der Waals surface area contributed by atoms with E-state index in [1.807, 2.05) is 18.2 Å². The lowest BCUT2D eigenvalue weighted by Crippen LogP contribution is -2.04. The fourth-order valence-electron chi connectivity index (χ4n) is 3.80. The third-order valence-corrected chi connectivity index (χ3v) is 5.14. The summed E-state index contributed by atoms with van der Waals surface area (Å²) in [4.78, 5) is 0. The van der Waals surface area contributed by atoms with Crippen molar-refractivity contribution >= 4 is 5.57 Å². The van der Waals surface area contributed by atoms with E-state index in [0.717, 1.165) is 53.9 Å². The van der Waals surface area contributed by atoms with E-state index in [0.29, 0.717) is 17.2 Å². The average molecular weight is 384 g/mol. The number of benzene rings is 2. The van der Waals surface area contributed by atoms with Gasteiger partial charge in [-0.25, -0.2) is 0 Å². The molecule has 1 aliphatic rings. The zero-order valence-electron chi connectivity index (χ0n) is 17.3. The second-order valence-corrected chi connectivity index (χ2v) is 6.60. The summed E-state index contributed by atoms with van der Waals surface area (Å²) in [5, 5.41) is 0. The van der Waals surface area contributed by atoms with E-state index < -0.39 is 0 Å². The highest BCUT2D eigenvalue weighted by Crippen LogP contribution is 2.44. The van der Waals surface area contributed by atoms with Gasteiger partial charge in [0.05, 0.1) is 35.5 Å². The number of methoxy groups -OCH3 is 5. The topological polar surface area (TPSA) is 46.2 Å². The van der Waals surface area contributed by atoms with Crippen LogP contribution in [0.5, 0.6) is 28.7 Å². The van der Waals surface area contributed by atoms with Gasteiger partial charge < -0.3 is 23.7 Å². The first-order chi connectivity index (χ1) is 13.7. The van der Waals surface area contributed by atoms with Gasteiger partial charge in [-0.05, 0) is 60.6 Å². The molecular weight excluding hydrogens is 356 g/mol. The monoisotopic (exact) mass is 384 g/mol. The standard InChI is InChI=1S/C23H28O5/c1-24-19-12-11-17-16(9-7-6-8-10-18(17)22(19)27-4)15-13-20(25-2)23(28-5)21(14-15)26-3/h9,11-14H,6-8,10H2,1-5H3. The minimum atomic E-state index is 0.590. The maximum absolute atomic E-state index is 5.72. The van der Waals surface area contributed by atoms with E-state index in [9.17, 15) is 0 Å². The molecule has 0 radical (unpaired) electrons. The Morgan fingerprint density at radius 1 is 0.679 bits per heavy atom. The van der Waals surface area contributed by atoms with Crippen molar-refractivity contribution in [3.05, 3.63) is 47.0 Å². The van der Waals surface area contributed by atoms with Gasteiger partial charge in [0.15, 0.2) is 23.0 Å². The summed E-state index contributed by atoms with van der Waals surface area (Å²) in [6.45, 7) is 0. The fraction of sp³-hybridized carbons (Fsp3) is 0.391. The molecule has 0 aromatic heterocycles. The van der Waals surface area contributed by atoms with Crippen LogP contribution in [0.1, 0.15) is 36.0 Å². The van der Waals surface area contributed by atoms with E-state index in [1.165, 1.54) is 5.56 Å². The quantitative estimate of drug-likeness (QED) is 0.710. The van der Waals surface area contributed by atoms with E-state index >= 15 is 0 Å². The molecule has 0 fully saturated rings. The molecule has 0 bridgehead atoms. The van der Waals surface area contributed by atoms with Crippen LogP contribution in [0.25, 0.3) is 5.57 Å². The minimum absolute atomic E-state index is 0.590. The lowest BCUT2D eigenvalue weighted by Gasteiger charge is -2.22. The second kappa shape index (κ2) is 8.91. The van der Waals surface area contributed by atoms with Crippen LogP contribution in [-0.2, 0) is 6.42 Å². The highest BCUT2D eigenvalue weighted by molar-refractivity contribution is 5.85. The van der Waals surface area contributed by atoms with Crippen LogP contribution in [0.3, 0.4) is 0 Å². The number of allylic oxidation sites excluding steroid dienone is 1. The predicted molar refractivity (Wildman–Crippen MR) is 110 cm³/mol. The van der Waals surface area contributed by atoms with E-state index in [1.54, 1.807) is 35.5 Å². The van der Waals surface area contributed by atoms with Crippen LogP contribution < -0.4 is 23.7 Å². The molecule has 0 saturated carbocycles. The zero-order chi connectivity index (χ0) is 20.1. The van der Waals surface area contributed by atoms with Crippen LogP contribution in [0.4, 0.5) is 0 Å². The summed E-state index contributed by atoms with van der Waals surface area (Å²) in [6.07, 6.45) is 6.46. The Labute approximate surface area is 166 Å². The van der Waals surface area contributed by atoms with E-state index in [4.69, 9.17) is 23.7 Å². The van der Waals surface area contributed by atoms with Crippen LogP contribution in [-0.4, -0.2) is 35.5 Å². The molecule has 1 aliphatic carbocycles. The van der Waals surface area contributed by atoms with Gasteiger partial charge in [-0.3, -0.25) is 0 Å². The van der Waals surface area contributed by atoms with Crippen LogP contribution >= 0.6 is 0 Å². The van der Waals surface area contributed by atoms with Crippen molar-refractivity contribution in [3.63, 3.8) is 0 Å². The molecule has 0 atom stereocenters. The molecule has 150 valence electrons. The third-order valence-electron chi connectivity index (χ3n) is 5.14. The maximum Gasteiger partial charge on any atom is 0.203 e. The molecule has 0 N–H and O–H groups in total. The number of fused-ring (bicyclic) bond motifs is 1. The first kappa shape index (κ1) is 19.9. The Morgan fingerprint density at radius 2 is 1.32 bits per heavy atom. The van der Waals surface area contributed by atoms with Crippen molar-refractivity contribution in [2.24, 2.45) is 0 Å². The Hall–Kier alpha value is -2.82. The molecule has 0 saturated heterocycles. The molecule has 0 aliphatic heterocycles. The van der Waals surface area contributed by atoms with Crippen LogP contribution in [0.2, 0.25) is 0 Å². The van der Waals surface area contributed by atoms with Crippen molar-refractivity contribution in [2.45, 2.75) is 25.7 Å². The fourth-order valence-corrected chi connectivity index (χ4v) is 3.80. The summed E-state index contributed by atoms with van der Waals surface area (Å²) >= 11 is 0. The second-order valence-electron chi connectivity index (χ2n) is 6.60. The SMILES string of the molecule is COc1cc(C2=CCCCCc3c2ccc(OC)c3OC)cc(OC)c1OC. The Morgan fingerprint density at radius 3 is 1.89 bits per heavy atom. The van der Waals surface area contributed by atoms with E-state index in [2.05, 4.69) is 12.1 Å². The lowest BCUT2D eigenvalue weighted by atomic mass is 9.87. The van der Waals surface area contributed by atoms with Crippen molar-refractivity contribution in [1.29, 1.82) is 0 Å². The Balaban J connectivity index is 2.23. The molecule has 5 heteroatoms. The number of hydrogen-bond donors (Lipinski definition) is 0. The molecule has 2 aromatic rings. The van der Waals surface area contributed by atoms with Crippen molar-refractivity contribution in [1.82, 2.24) is 0 Å². The van der Waals surface area contributed by atoms with Gasteiger partial charge in [0.25, 0.3) is 0 Å². The van der Waals surface area contributed by atoms with Gasteiger partial charge in [-0.15, -0.1) is 0 Å². The van der Waals surface area contributed by atoms with Gasteiger partial charge in [0.1, 0.15) is 0 Å². The number of hydrogen-bond acceptors (Lipinski definition) is 5. The maximum atomic E-state index is 5.72. The number of rotatable bonds is 6. The molecule has 0 amide bonds. The largest absolute Gasteiger partial charge is 0.493 e. The molecule has 3 rings (SSSR count). The summed E-state index contributed by atoms with van der Waals surface area (Å²) in [5.41, 5.74) is 4.47. The molecule has 2 aromatic carbocycles. The third kappa shape index (κ3) is 3.61. The smallest absolute Gasteiger partial charge is 0.203 e. The molecule has 28 heavy (non-hydrogen) atoms. The Kier molecular flexibility index (Phi) is 6.34. The molecular formula is C23H28O5. The zero-order valence-corrected chi connectivity index (χ0v) is 17.3. The molecule has 0 heterocycles. The van der Waals surface area contributed by atoms with Gasteiger partial charge in [0.2, 0.25) is 5.75 Å². The summed E-state index contributed by atoms with van der Waals surface area (Å²) in [5.74, 6) is 3.43. The van der Waals surface area contributed by atoms with Gasteiger partial charge >= 0.3 is 0 Å². The average Bonchev–Trinajstić information content (AvgIpc) is 2.72. The highest BCUT2D eigenvalue weighted by Gasteiger charge is 2.22. The van der Waals surface area contributed by atoms with Gasteiger partial charge in [-0.1, -0.05) is 12.1 Å². The minimum Gasteiger partial charge on any atom is -0.493 e. The number of ether oxygens (including phenoxy) is 5. The van der Waals surface area contributed by atoms with Gasteiger partial charge in [-0.2, -0.15) is 0 Å². The lowest BCUT2D eigenvalue weighted by molar-refractivity contribution is 0.324. The molecule has 0 spiro atoms. The van der Waals surface area contributed by atoms with Crippen molar-refractivity contribution in [2.75, 3.05) is 35.5 Å².